The third-order valence-corrected chi connectivity index (χ3v) is 1.87. The Morgan fingerprint density at radius 1 is 1.23 bits per heavy atom. The van der Waals surface area contributed by atoms with Crippen molar-refractivity contribution in [2.45, 2.75) is 0 Å². The van der Waals surface area contributed by atoms with Crippen molar-refractivity contribution in [3.8, 4) is 0 Å². The fraction of sp³-hybridized carbons (Fsp3) is 0. The summed E-state index contributed by atoms with van der Waals surface area (Å²) in [6, 6.07) is 3.18. The number of rotatable bonds is 0. The predicted octanol–water partition coefficient (Wildman–Crippen LogP) is 0.0875. The Morgan fingerprint density at radius 2 is 1.92 bits per heavy atom. The molecule has 0 fully saturated rings. The fourth-order valence-corrected chi connectivity index (χ4v) is 1.17. The van der Waals surface area contributed by atoms with E-state index in [9.17, 15) is 4.79 Å². The van der Waals surface area contributed by atoms with E-state index < -0.39 is 0 Å². The number of nitrogens with two attached hydrogens (primary N) is 2. The quantitative estimate of drug-likeness (QED) is 0.495. The number of hydrogen-bond donors (Lipinski definition) is 3. The molecule has 2 rings (SSSR count). The first-order chi connectivity index (χ1) is 6.18. The fourth-order valence-electron chi connectivity index (χ4n) is 1.17. The zero-order valence-corrected chi connectivity index (χ0v) is 6.74. The summed E-state index contributed by atoms with van der Waals surface area (Å²) in [6.45, 7) is 0. The Hall–Kier alpha value is -2.04. The first-order valence-corrected chi connectivity index (χ1v) is 3.71. The molecule has 0 amide bonds. The van der Waals surface area contributed by atoms with Crippen LogP contribution in [0.25, 0.3) is 10.8 Å². The maximum Gasteiger partial charge on any atom is 0.272 e. The number of benzene rings is 1. The van der Waals surface area contributed by atoms with Crippen molar-refractivity contribution in [3.63, 3.8) is 0 Å². The van der Waals surface area contributed by atoms with Gasteiger partial charge < -0.3 is 11.5 Å². The molecule has 0 spiro atoms. The SMILES string of the molecule is Nc1cc2cn[nH]c(=O)c2cc1N. The first-order valence-electron chi connectivity index (χ1n) is 3.71. The number of nitrogens with zero attached hydrogens (tertiary/aromatic N) is 1. The van der Waals surface area contributed by atoms with Gasteiger partial charge in [-0.1, -0.05) is 0 Å². The topological polar surface area (TPSA) is 97.8 Å². The molecule has 0 atom stereocenters. The van der Waals surface area contributed by atoms with E-state index in [1.807, 2.05) is 0 Å². The highest BCUT2D eigenvalue weighted by molar-refractivity contribution is 5.89. The lowest BCUT2D eigenvalue weighted by atomic mass is 10.1. The van der Waals surface area contributed by atoms with Crippen LogP contribution in [0.2, 0.25) is 0 Å². The molecule has 0 unspecified atom stereocenters. The second-order valence-electron chi connectivity index (χ2n) is 2.77. The summed E-state index contributed by atoms with van der Waals surface area (Å²) < 4.78 is 0. The standard InChI is InChI=1S/C8H8N4O/c9-6-1-4-3-11-12-8(13)5(4)2-7(6)10/h1-3H,9-10H2,(H,12,13). The predicted molar refractivity (Wildman–Crippen MR) is 51.2 cm³/mol. The Labute approximate surface area is 73.4 Å². The van der Waals surface area contributed by atoms with Gasteiger partial charge in [-0.05, 0) is 12.1 Å². The lowest BCUT2D eigenvalue weighted by Crippen LogP contribution is -2.08. The monoisotopic (exact) mass is 176 g/mol. The molecule has 1 aromatic carbocycles. The minimum absolute atomic E-state index is 0.260. The molecule has 66 valence electrons. The summed E-state index contributed by atoms with van der Waals surface area (Å²) in [7, 11) is 0. The zero-order chi connectivity index (χ0) is 9.42. The number of nitrogen functional groups attached to an aromatic ring is 2. The summed E-state index contributed by atoms with van der Waals surface area (Å²) in [4.78, 5) is 11.2. The van der Waals surface area contributed by atoms with Crippen molar-refractivity contribution in [2.24, 2.45) is 0 Å². The summed E-state index contributed by atoms with van der Waals surface area (Å²) in [5.74, 6) is 0. The molecule has 0 saturated carbocycles. The van der Waals surface area contributed by atoms with Crippen LogP contribution >= 0.6 is 0 Å². The van der Waals surface area contributed by atoms with Gasteiger partial charge in [-0.25, -0.2) is 5.10 Å². The zero-order valence-electron chi connectivity index (χ0n) is 6.74. The molecule has 0 aliphatic rings. The number of aromatic nitrogens is 2. The molecule has 5 nitrogen and oxygen atoms in total. The van der Waals surface area contributed by atoms with Crippen molar-refractivity contribution >= 4 is 22.1 Å². The number of anilines is 2. The van der Waals surface area contributed by atoms with E-state index in [0.29, 0.717) is 22.1 Å². The van der Waals surface area contributed by atoms with Crippen LogP contribution in [-0.4, -0.2) is 10.2 Å². The van der Waals surface area contributed by atoms with Crippen molar-refractivity contribution in [2.75, 3.05) is 11.5 Å². The normalized spacial score (nSPS) is 10.5. The van der Waals surface area contributed by atoms with Crippen LogP contribution in [0, 0.1) is 0 Å². The van der Waals surface area contributed by atoms with E-state index >= 15 is 0 Å². The van der Waals surface area contributed by atoms with E-state index in [1.54, 1.807) is 12.1 Å². The van der Waals surface area contributed by atoms with Crippen molar-refractivity contribution in [1.29, 1.82) is 0 Å². The Kier molecular flexibility index (Phi) is 1.45. The maximum atomic E-state index is 11.2. The van der Waals surface area contributed by atoms with Gasteiger partial charge >= 0.3 is 0 Å². The Morgan fingerprint density at radius 3 is 2.69 bits per heavy atom. The average molecular weight is 176 g/mol. The maximum absolute atomic E-state index is 11.2. The highest BCUT2D eigenvalue weighted by atomic mass is 16.1. The molecule has 13 heavy (non-hydrogen) atoms. The van der Waals surface area contributed by atoms with Gasteiger partial charge in [-0.3, -0.25) is 4.79 Å². The molecule has 5 heteroatoms. The van der Waals surface area contributed by atoms with Crippen LogP contribution < -0.4 is 17.0 Å². The highest BCUT2D eigenvalue weighted by Crippen LogP contribution is 2.19. The van der Waals surface area contributed by atoms with Crippen molar-refractivity contribution in [1.82, 2.24) is 10.2 Å². The Balaban J connectivity index is 2.97. The molecule has 0 radical (unpaired) electrons. The highest BCUT2D eigenvalue weighted by Gasteiger charge is 2.01. The first kappa shape index (κ1) is 7.60. The van der Waals surface area contributed by atoms with Crippen LogP contribution in [0.3, 0.4) is 0 Å². The van der Waals surface area contributed by atoms with E-state index in [-0.39, 0.29) is 5.56 Å². The van der Waals surface area contributed by atoms with Gasteiger partial charge in [0.2, 0.25) is 0 Å². The Bertz CT molecular complexity index is 517. The molecule has 1 aromatic heterocycles. The average Bonchev–Trinajstić information content (AvgIpc) is 2.09. The molecular weight excluding hydrogens is 168 g/mol. The minimum atomic E-state index is -0.260. The van der Waals surface area contributed by atoms with E-state index in [2.05, 4.69) is 10.2 Å². The van der Waals surface area contributed by atoms with Gasteiger partial charge in [0.25, 0.3) is 5.56 Å². The number of nitrogens with one attached hydrogen (secondary N) is 1. The van der Waals surface area contributed by atoms with Gasteiger partial charge in [0.15, 0.2) is 0 Å². The van der Waals surface area contributed by atoms with Crippen LogP contribution in [-0.2, 0) is 0 Å². The summed E-state index contributed by atoms with van der Waals surface area (Å²) in [5.41, 5.74) is 11.7. The molecule has 0 aliphatic heterocycles. The molecule has 2 aromatic rings. The van der Waals surface area contributed by atoms with Crippen LogP contribution in [0.1, 0.15) is 0 Å². The van der Waals surface area contributed by atoms with Crippen LogP contribution in [0.5, 0.6) is 0 Å². The van der Waals surface area contributed by atoms with Gasteiger partial charge in [-0.2, -0.15) is 5.10 Å². The molecule has 0 saturated heterocycles. The second kappa shape index (κ2) is 2.48. The van der Waals surface area contributed by atoms with Gasteiger partial charge in [0.05, 0.1) is 23.0 Å². The number of hydrogen-bond acceptors (Lipinski definition) is 4. The van der Waals surface area contributed by atoms with Gasteiger partial charge in [-0.15, -0.1) is 0 Å². The van der Waals surface area contributed by atoms with E-state index in [4.69, 9.17) is 11.5 Å². The van der Waals surface area contributed by atoms with Crippen LogP contribution in [0.15, 0.2) is 23.1 Å². The molecule has 1 heterocycles. The van der Waals surface area contributed by atoms with E-state index in [1.165, 1.54) is 6.20 Å². The number of aromatic amines is 1. The second-order valence-corrected chi connectivity index (χ2v) is 2.77. The molecule has 5 N–H and O–H groups in total. The lowest BCUT2D eigenvalue weighted by molar-refractivity contribution is 1.01. The summed E-state index contributed by atoms with van der Waals surface area (Å²) >= 11 is 0. The third kappa shape index (κ3) is 1.10. The van der Waals surface area contributed by atoms with Crippen molar-refractivity contribution < 1.29 is 0 Å². The summed E-state index contributed by atoms with van der Waals surface area (Å²) in [6.07, 6.45) is 1.53. The largest absolute Gasteiger partial charge is 0.397 e. The lowest BCUT2D eigenvalue weighted by Gasteiger charge is -2.01. The smallest absolute Gasteiger partial charge is 0.272 e. The molecule has 0 bridgehead atoms. The summed E-state index contributed by atoms with van der Waals surface area (Å²) in [5, 5.41) is 7.16. The third-order valence-electron chi connectivity index (χ3n) is 1.87. The van der Waals surface area contributed by atoms with Crippen molar-refractivity contribution in [3.05, 3.63) is 28.7 Å². The number of fused-ring (bicyclic) bond motifs is 1. The molecule has 0 aliphatic carbocycles. The van der Waals surface area contributed by atoms with E-state index in [0.717, 1.165) is 0 Å². The number of H-pyrrole nitrogens is 1. The van der Waals surface area contributed by atoms with Gasteiger partial charge in [0.1, 0.15) is 0 Å². The van der Waals surface area contributed by atoms with Crippen LogP contribution in [0.4, 0.5) is 11.4 Å². The molecular formula is C8H8N4O. The van der Waals surface area contributed by atoms with Gasteiger partial charge in [0, 0.05) is 5.39 Å². The minimum Gasteiger partial charge on any atom is -0.397 e.